The summed E-state index contributed by atoms with van der Waals surface area (Å²) in [7, 11) is 4.47. The highest BCUT2D eigenvalue weighted by molar-refractivity contribution is 4.89. The first kappa shape index (κ1) is 14.3. The van der Waals surface area contributed by atoms with Crippen LogP contribution in [0.3, 0.4) is 0 Å². The van der Waals surface area contributed by atoms with Crippen LogP contribution >= 0.6 is 0 Å². The van der Waals surface area contributed by atoms with E-state index < -0.39 is 0 Å². The van der Waals surface area contributed by atoms with Gasteiger partial charge < -0.3 is 10.2 Å². The Morgan fingerprint density at radius 3 is 2.44 bits per heavy atom. The molecule has 2 heteroatoms. The molecule has 106 valence electrons. The highest BCUT2D eigenvalue weighted by atomic mass is 15.1. The predicted molar refractivity (Wildman–Crippen MR) is 78.8 cm³/mol. The quantitative estimate of drug-likeness (QED) is 0.809. The molecule has 2 aliphatic carbocycles. The van der Waals surface area contributed by atoms with Crippen molar-refractivity contribution >= 4 is 0 Å². The minimum Gasteiger partial charge on any atom is -0.317 e. The standard InChI is InChI=1S/C16H32N2/c1-16(2)9-8-15(17-3)14(10-16)12-18(4)11-13-6-5-7-13/h13-15,17H,5-12H2,1-4H3. The second-order valence-electron chi connectivity index (χ2n) is 7.58. The maximum Gasteiger partial charge on any atom is 0.0105 e. The van der Waals surface area contributed by atoms with Crippen molar-refractivity contribution in [1.82, 2.24) is 10.2 Å². The Morgan fingerprint density at radius 2 is 1.89 bits per heavy atom. The lowest BCUT2D eigenvalue weighted by atomic mass is 9.69. The lowest BCUT2D eigenvalue weighted by Gasteiger charge is -2.43. The van der Waals surface area contributed by atoms with Gasteiger partial charge in [0, 0.05) is 19.1 Å². The third-order valence-electron chi connectivity index (χ3n) is 5.23. The van der Waals surface area contributed by atoms with E-state index in [9.17, 15) is 0 Å². The van der Waals surface area contributed by atoms with Crippen molar-refractivity contribution in [2.75, 3.05) is 27.2 Å². The number of nitrogens with one attached hydrogen (secondary N) is 1. The van der Waals surface area contributed by atoms with Gasteiger partial charge in [-0.25, -0.2) is 0 Å². The molecular weight excluding hydrogens is 220 g/mol. The fourth-order valence-corrected chi connectivity index (χ4v) is 3.90. The maximum absolute atomic E-state index is 3.55. The van der Waals surface area contributed by atoms with E-state index in [1.165, 1.54) is 51.6 Å². The zero-order chi connectivity index (χ0) is 13.2. The van der Waals surface area contributed by atoms with Crippen LogP contribution in [0.5, 0.6) is 0 Å². The second-order valence-corrected chi connectivity index (χ2v) is 7.58. The fraction of sp³-hybridized carbons (Fsp3) is 1.00. The van der Waals surface area contributed by atoms with E-state index in [1.807, 2.05) is 0 Å². The maximum atomic E-state index is 3.55. The summed E-state index contributed by atoms with van der Waals surface area (Å²) in [4.78, 5) is 2.60. The number of hydrogen-bond donors (Lipinski definition) is 1. The molecule has 0 bridgehead atoms. The zero-order valence-electron chi connectivity index (χ0n) is 12.8. The van der Waals surface area contributed by atoms with Gasteiger partial charge in [0.1, 0.15) is 0 Å². The van der Waals surface area contributed by atoms with E-state index in [1.54, 1.807) is 0 Å². The van der Waals surface area contributed by atoms with E-state index in [-0.39, 0.29) is 0 Å². The summed E-state index contributed by atoms with van der Waals surface area (Å²) in [5, 5.41) is 3.55. The van der Waals surface area contributed by atoms with Gasteiger partial charge in [-0.15, -0.1) is 0 Å². The first-order valence-electron chi connectivity index (χ1n) is 7.86. The Labute approximate surface area is 114 Å². The van der Waals surface area contributed by atoms with Gasteiger partial charge in [0.05, 0.1) is 0 Å². The topological polar surface area (TPSA) is 15.3 Å². The predicted octanol–water partition coefficient (Wildman–Crippen LogP) is 3.13. The van der Waals surface area contributed by atoms with E-state index in [2.05, 4.69) is 38.2 Å². The first-order chi connectivity index (χ1) is 8.50. The smallest absolute Gasteiger partial charge is 0.0105 e. The first-order valence-corrected chi connectivity index (χ1v) is 7.86. The minimum atomic E-state index is 0.551. The Balaban J connectivity index is 1.83. The number of nitrogens with zero attached hydrogens (tertiary/aromatic N) is 1. The summed E-state index contributed by atoms with van der Waals surface area (Å²) in [6, 6.07) is 0.738. The van der Waals surface area contributed by atoms with Crippen LogP contribution in [-0.2, 0) is 0 Å². The molecule has 0 saturated heterocycles. The summed E-state index contributed by atoms with van der Waals surface area (Å²) in [6.45, 7) is 7.49. The molecule has 1 N–H and O–H groups in total. The molecule has 0 aromatic heterocycles. The average Bonchev–Trinajstić information content (AvgIpc) is 2.23. The van der Waals surface area contributed by atoms with Crippen molar-refractivity contribution in [2.24, 2.45) is 17.3 Å². The van der Waals surface area contributed by atoms with Crippen LogP contribution in [-0.4, -0.2) is 38.1 Å². The van der Waals surface area contributed by atoms with Crippen LogP contribution in [0.25, 0.3) is 0 Å². The Bertz CT molecular complexity index is 258. The molecule has 0 aromatic rings. The van der Waals surface area contributed by atoms with Crippen LogP contribution in [0.2, 0.25) is 0 Å². The van der Waals surface area contributed by atoms with Crippen molar-refractivity contribution in [3.05, 3.63) is 0 Å². The molecule has 0 aliphatic heterocycles. The largest absolute Gasteiger partial charge is 0.317 e. The molecule has 2 saturated carbocycles. The minimum absolute atomic E-state index is 0.551. The monoisotopic (exact) mass is 252 g/mol. The Kier molecular flexibility index (Phi) is 4.71. The third kappa shape index (κ3) is 3.71. The number of rotatable bonds is 5. The third-order valence-corrected chi connectivity index (χ3v) is 5.23. The average molecular weight is 252 g/mol. The van der Waals surface area contributed by atoms with Crippen molar-refractivity contribution in [2.45, 2.75) is 58.4 Å². The Hall–Kier alpha value is -0.0800. The van der Waals surface area contributed by atoms with Crippen LogP contribution in [0.4, 0.5) is 0 Å². The molecule has 2 unspecified atom stereocenters. The van der Waals surface area contributed by atoms with Crippen LogP contribution in [0.1, 0.15) is 52.4 Å². The molecule has 2 atom stereocenters. The molecule has 0 aromatic carbocycles. The van der Waals surface area contributed by atoms with Gasteiger partial charge in [0.2, 0.25) is 0 Å². The molecule has 0 heterocycles. The highest BCUT2D eigenvalue weighted by Crippen LogP contribution is 2.39. The summed E-state index contributed by atoms with van der Waals surface area (Å²) in [5.41, 5.74) is 0.551. The highest BCUT2D eigenvalue weighted by Gasteiger charge is 2.34. The van der Waals surface area contributed by atoms with Crippen LogP contribution in [0.15, 0.2) is 0 Å². The Morgan fingerprint density at radius 1 is 1.17 bits per heavy atom. The summed E-state index contributed by atoms with van der Waals surface area (Å²) < 4.78 is 0. The van der Waals surface area contributed by atoms with E-state index >= 15 is 0 Å². The normalized spacial score (nSPS) is 32.5. The van der Waals surface area contributed by atoms with Crippen molar-refractivity contribution < 1.29 is 0 Å². The van der Waals surface area contributed by atoms with Crippen molar-refractivity contribution in [3.63, 3.8) is 0 Å². The van der Waals surface area contributed by atoms with Gasteiger partial charge in [-0.1, -0.05) is 20.3 Å². The van der Waals surface area contributed by atoms with Crippen LogP contribution in [0, 0.1) is 17.3 Å². The molecule has 2 aliphatic rings. The van der Waals surface area contributed by atoms with E-state index in [0.29, 0.717) is 5.41 Å². The van der Waals surface area contributed by atoms with Crippen molar-refractivity contribution in [1.29, 1.82) is 0 Å². The summed E-state index contributed by atoms with van der Waals surface area (Å²) in [5.74, 6) is 1.84. The summed E-state index contributed by atoms with van der Waals surface area (Å²) >= 11 is 0. The zero-order valence-corrected chi connectivity index (χ0v) is 12.8. The molecule has 18 heavy (non-hydrogen) atoms. The number of hydrogen-bond acceptors (Lipinski definition) is 2. The van der Waals surface area contributed by atoms with E-state index in [0.717, 1.165) is 17.9 Å². The van der Waals surface area contributed by atoms with Crippen molar-refractivity contribution in [3.8, 4) is 0 Å². The van der Waals surface area contributed by atoms with Gasteiger partial charge in [-0.05, 0) is 63.5 Å². The van der Waals surface area contributed by atoms with Gasteiger partial charge in [-0.2, -0.15) is 0 Å². The molecular formula is C16H32N2. The molecule has 0 amide bonds. The van der Waals surface area contributed by atoms with Crippen LogP contribution < -0.4 is 5.32 Å². The summed E-state index contributed by atoms with van der Waals surface area (Å²) in [6.07, 6.45) is 8.51. The second kappa shape index (κ2) is 5.92. The van der Waals surface area contributed by atoms with Gasteiger partial charge >= 0.3 is 0 Å². The SMILES string of the molecule is CNC1CCC(C)(C)CC1CN(C)CC1CCC1. The van der Waals surface area contributed by atoms with E-state index in [4.69, 9.17) is 0 Å². The fourth-order valence-electron chi connectivity index (χ4n) is 3.90. The van der Waals surface area contributed by atoms with Gasteiger partial charge in [-0.3, -0.25) is 0 Å². The molecule has 2 rings (SSSR count). The van der Waals surface area contributed by atoms with Gasteiger partial charge in [0.25, 0.3) is 0 Å². The lowest BCUT2D eigenvalue weighted by molar-refractivity contribution is 0.0990. The molecule has 0 radical (unpaired) electrons. The molecule has 2 nitrogen and oxygen atoms in total. The lowest BCUT2D eigenvalue weighted by Crippen LogP contribution is -2.46. The molecule has 2 fully saturated rings. The molecule has 0 spiro atoms. The van der Waals surface area contributed by atoms with Gasteiger partial charge in [0.15, 0.2) is 0 Å².